The molecule has 0 saturated carbocycles. The van der Waals surface area contributed by atoms with Crippen molar-refractivity contribution in [3.05, 3.63) is 41.6 Å². The first-order valence-electron chi connectivity index (χ1n) is 9.67. The molecule has 0 bridgehead atoms. The summed E-state index contributed by atoms with van der Waals surface area (Å²) in [6.45, 7) is 1.69. The number of carbonyl (C=O) groups is 1. The summed E-state index contributed by atoms with van der Waals surface area (Å²) >= 11 is 0. The molecule has 3 rings (SSSR count). The van der Waals surface area contributed by atoms with Gasteiger partial charge in [0.05, 0.1) is 11.3 Å². The summed E-state index contributed by atoms with van der Waals surface area (Å²) in [5, 5.41) is 32.3. The smallest absolute Gasteiger partial charge is 0.252 e. The zero-order valence-corrected chi connectivity index (χ0v) is 16.6. The molecule has 2 aromatic rings. The fraction of sp³-hybridized carbons (Fsp3) is 0.450. The highest BCUT2D eigenvalue weighted by atomic mass is 19.1. The Kier molecular flexibility index (Phi) is 6.75. The van der Waals surface area contributed by atoms with E-state index < -0.39 is 23.9 Å². The number of amides is 1. The maximum Gasteiger partial charge on any atom is 0.252 e. The minimum atomic E-state index is -1.66. The molecule has 1 aromatic carbocycles. The van der Waals surface area contributed by atoms with E-state index in [0.29, 0.717) is 36.5 Å². The molecule has 0 unspecified atom stereocenters. The Morgan fingerprint density at radius 1 is 1.43 bits per heavy atom. The molecule has 0 aliphatic carbocycles. The summed E-state index contributed by atoms with van der Waals surface area (Å²) in [6.07, 6.45) is -0.288. The van der Waals surface area contributed by atoms with E-state index in [4.69, 9.17) is 7.85 Å². The van der Waals surface area contributed by atoms with Crippen LogP contribution in [-0.2, 0) is 11.8 Å². The molecule has 1 amide bonds. The first-order valence-corrected chi connectivity index (χ1v) is 9.67. The molecular formula is C20H23BFN5O3. The normalized spacial score (nSPS) is 16.7. The first kappa shape index (κ1) is 21.8. The van der Waals surface area contributed by atoms with Crippen molar-refractivity contribution < 1.29 is 19.4 Å². The predicted molar refractivity (Wildman–Crippen MR) is 109 cm³/mol. The van der Waals surface area contributed by atoms with E-state index >= 15 is 0 Å². The number of aromatic nitrogens is 2. The molecule has 1 saturated heterocycles. The number of nitrogens with one attached hydrogen (secondary N) is 1. The summed E-state index contributed by atoms with van der Waals surface area (Å²) < 4.78 is 14.7. The third-order valence-corrected chi connectivity index (χ3v) is 5.49. The Bertz CT molecular complexity index is 952. The molecule has 3 N–H and O–H groups in total. The molecule has 1 fully saturated rings. The van der Waals surface area contributed by atoms with Crippen LogP contribution in [0, 0.1) is 23.1 Å². The van der Waals surface area contributed by atoms with E-state index in [2.05, 4.69) is 10.3 Å². The number of aliphatic hydroxyl groups excluding tert-OH is 2. The molecule has 2 atom stereocenters. The van der Waals surface area contributed by atoms with Gasteiger partial charge in [-0.2, -0.15) is 5.26 Å². The zero-order valence-electron chi connectivity index (χ0n) is 16.6. The molecule has 2 radical (unpaired) electrons. The lowest BCUT2D eigenvalue weighted by Gasteiger charge is -2.34. The minimum absolute atomic E-state index is 0.107. The summed E-state index contributed by atoms with van der Waals surface area (Å²) in [5.74, 6) is -0.834. The Hall–Kier alpha value is -2.90. The van der Waals surface area contributed by atoms with E-state index in [0.717, 1.165) is 12.8 Å². The molecule has 2 heterocycles. The fourth-order valence-corrected chi connectivity index (χ4v) is 3.60. The van der Waals surface area contributed by atoms with Crippen molar-refractivity contribution in [2.75, 3.05) is 24.5 Å². The molecule has 156 valence electrons. The summed E-state index contributed by atoms with van der Waals surface area (Å²) in [4.78, 5) is 18.2. The van der Waals surface area contributed by atoms with E-state index in [-0.39, 0.29) is 11.7 Å². The second-order valence-electron chi connectivity index (χ2n) is 7.44. The number of rotatable bonds is 6. The topological polar surface area (TPSA) is 114 Å². The Morgan fingerprint density at radius 2 is 2.13 bits per heavy atom. The van der Waals surface area contributed by atoms with Crippen LogP contribution in [-0.4, -0.2) is 59.3 Å². The second kappa shape index (κ2) is 9.28. The van der Waals surface area contributed by atoms with Gasteiger partial charge in [0.25, 0.3) is 5.91 Å². The number of hydrogen-bond acceptors (Lipinski definition) is 6. The van der Waals surface area contributed by atoms with Crippen LogP contribution in [0.4, 0.5) is 10.1 Å². The van der Waals surface area contributed by atoms with Gasteiger partial charge in [-0.25, -0.2) is 9.37 Å². The van der Waals surface area contributed by atoms with Gasteiger partial charge < -0.3 is 25.0 Å². The van der Waals surface area contributed by atoms with Crippen LogP contribution in [0.3, 0.4) is 0 Å². The van der Waals surface area contributed by atoms with E-state index in [1.165, 1.54) is 22.9 Å². The number of hydrogen-bond donors (Lipinski definition) is 3. The predicted octanol–water partition coefficient (Wildman–Crippen LogP) is -0.348. The third-order valence-electron chi connectivity index (χ3n) is 5.49. The quantitative estimate of drug-likeness (QED) is 0.560. The number of aliphatic hydroxyl groups is 2. The van der Waals surface area contributed by atoms with Crippen molar-refractivity contribution in [3.8, 4) is 6.07 Å². The third kappa shape index (κ3) is 4.63. The first-order chi connectivity index (χ1) is 14.3. The standard InChI is InChI=1S/C20H23BFN5O3/c1-26-16(21)11-24-19(26)17(28)18(29)20(30)25-10-12-4-6-27(7-5-12)15-3-2-14(22)8-13(15)9-23/h2-3,8,11-12,17-18,28-29H,4-7,10H2,1H3,(H,25,30)/t17-,18-/m1/s1. The van der Waals surface area contributed by atoms with Gasteiger partial charge in [-0.3, -0.25) is 4.79 Å². The maximum absolute atomic E-state index is 13.3. The average Bonchev–Trinajstić information content (AvgIpc) is 3.09. The van der Waals surface area contributed by atoms with Gasteiger partial charge in [-0.05, 0) is 42.6 Å². The van der Waals surface area contributed by atoms with Gasteiger partial charge >= 0.3 is 0 Å². The van der Waals surface area contributed by atoms with Gasteiger partial charge in [-0.15, -0.1) is 0 Å². The summed E-state index contributed by atoms with van der Waals surface area (Å²) in [7, 11) is 7.24. The van der Waals surface area contributed by atoms with E-state index in [1.54, 1.807) is 13.1 Å². The Balaban J connectivity index is 1.50. The zero-order chi connectivity index (χ0) is 21.8. The largest absolute Gasteiger partial charge is 0.382 e. The summed E-state index contributed by atoms with van der Waals surface area (Å²) in [6, 6.07) is 6.19. The fourth-order valence-electron chi connectivity index (χ4n) is 3.60. The van der Waals surface area contributed by atoms with Crippen molar-refractivity contribution in [2.45, 2.75) is 25.0 Å². The second-order valence-corrected chi connectivity index (χ2v) is 7.44. The average molecular weight is 411 g/mol. The molecule has 30 heavy (non-hydrogen) atoms. The number of nitriles is 1. The monoisotopic (exact) mass is 411 g/mol. The maximum atomic E-state index is 13.3. The number of nitrogens with zero attached hydrogens (tertiary/aromatic N) is 4. The van der Waals surface area contributed by atoms with Crippen LogP contribution in [0.25, 0.3) is 0 Å². The van der Waals surface area contributed by atoms with Crippen molar-refractivity contribution in [1.29, 1.82) is 5.26 Å². The number of benzene rings is 1. The van der Waals surface area contributed by atoms with Crippen molar-refractivity contribution in [2.24, 2.45) is 13.0 Å². The van der Waals surface area contributed by atoms with Crippen LogP contribution in [0.2, 0.25) is 0 Å². The number of piperidine rings is 1. The van der Waals surface area contributed by atoms with Crippen molar-refractivity contribution in [1.82, 2.24) is 14.9 Å². The van der Waals surface area contributed by atoms with Crippen LogP contribution in [0.15, 0.2) is 24.4 Å². The van der Waals surface area contributed by atoms with Crippen LogP contribution in [0.5, 0.6) is 0 Å². The number of halogens is 1. The number of imidazole rings is 1. The Labute approximate surface area is 175 Å². The van der Waals surface area contributed by atoms with Gasteiger partial charge in [0.15, 0.2) is 6.10 Å². The van der Waals surface area contributed by atoms with Crippen LogP contribution in [0.1, 0.15) is 30.3 Å². The minimum Gasteiger partial charge on any atom is -0.382 e. The van der Waals surface area contributed by atoms with Gasteiger partial charge in [0, 0.05) is 32.9 Å². The highest BCUT2D eigenvalue weighted by molar-refractivity contribution is 6.30. The molecule has 1 aromatic heterocycles. The highest BCUT2D eigenvalue weighted by Gasteiger charge is 2.30. The summed E-state index contributed by atoms with van der Waals surface area (Å²) in [5.41, 5.74) is 1.31. The van der Waals surface area contributed by atoms with Gasteiger partial charge in [0.2, 0.25) is 0 Å². The van der Waals surface area contributed by atoms with E-state index in [9.17, 15) is 24.7 Å². The molecule has 8 nitrogen and oxygen atoms in total. The SMILES string of the molecule is [B]c1cnc([C@H](O)[C@@H](O)C(=O)NCC2CCN(c3ccc(F)cc3C#N)CC2)n1C. The lowest BCUT2D eigenvalue weighted by Crippen LogP contribution is -2.43. The molecular weight excluding hydrogens is 388 g/mol. The van der Waals surface area contributed by atoms with Crippen LogP contribution >= 0.6 is 0 Å². The van der Waals surface area contributed by atoms with Gasteiger partial charge in [0.1, 0.15) is 31.7 Å². The number of anilines is 1. The lowest BCUT2D eigenvalue weighted by atomic mass is 9.95. The number of carbonyl (C=O) groups excluding carboxylic acids is 1. The van der Waals surface area contributed by atoms with Gasteiger partial charge in [-0.1, -0.05) is 0 Å². The van der Waals surface area contributed by atoms with Crippen LogP contribution < -0.4 is 15.8 Å². The molecule has 1 aliphatic heterocycles. The molecule has 10 heteroatoms. The Morgan fingerprint density at radius 3 is 2.73 bits per heavy atom. The van der Waals surface area contributed by atoms with Crippen molar-refractivity contribution in [3.63, 3.8) is 0 Å². The lowest BCUT2D eigenvalue weighted by molar-refractivity contribution is -0.136. The molecule has 0 spiro atoms. The highest BCUT2D eigenvalue weighted by Crippen LogP contribution is 2.26. The molecule has 1 aliphatic rings. The van der Waals surface area contributed by atoms with Crippen molar-refractivity contribution >= 4 is 25.0 Å². The van der Waals surface area contributed by atoms with E-state index in [1.807, 2.05) is 11.0 Å².